The molecule has 0 aliphatic rings. The van der Waals surface area contributed by atoms with Gasteiger partial charge in [0.1, 0.15) is 5.82 Å². The van der Waals surface area contributed by atoms with Crippen molar-refractivity contribution in [2.45, 2.75) is 52.0 Å². The van der Waals surface area contributed by atoms with Crippen molar-refractivity contribution in [2.24, 2.45) is 5.92 Å². The third-order valence-corrected chi connectivity index (χ3v) is 3.64. The second-order valence-corrected chi connectivity index (χ2v) is 6.22. The fraction of sp³-hybridized carbons (Fsp3) is 0.562. The molecule has 1 heterocycles. The van der Waals surface area contributed by atoms with Gasteiger partial charge in [0.15, 0.2) is 0 Å². The van der Waals surface area contributed by atoms with Crippen LogP contribution in [0, 0.1) is 5.92 Å². The summed E-state index contributed by atoms with van der Waals surface area (Å²) in [5, 5.41) is 0.174. The maximum Gasteiger partial charge on any atom is 0.111 e. The minimum Gasteiger partial charge on any atom is -0.328 e. The van der Waals surface area contributed by atoms with Crippen LogP contribution in [0.3, 0.4) is 0 Å². The maximum absolute atomic E-state index is 6.46. The maximum atomic E-state index is 6.46. The summed E-state index contributed by atoms with van der Waals surface area (Å²) in [6.45, 7) is 7.64. The Bertz CT molecular complexity index is 531. The fourth-order valence-corrected chi connectivity index (χ4v) is 3.04. The van der Waals surface area contributed by atoms with Gasteiger partial charge in [-0.1, -0.05) is 32.9 Å². The van der Waals surface area contributed by atoms with Crippen LogP contribution in [0.2, 0.25) is 0 Å². The first-order valence-electron chi connectivity index (χ1n) is 7.20. The zero-order valence-corrected chi connectivity index (χ0v) is 12.8. The lowest BCUT2D eigenvalue weighted by Crippen LogP contribution is -2.12. The summed E-state index contributed by atoms with van der Waals surface area (Å²) in [4.78, 5) is 4.76. The van der Waals surface area contributed by atoms with Crippen LogP contribution in [0.1, 0.15) is 39.4 Å². The van der Waals surface area contributed by atoms with Crippen LogP contribution in [-0.4, -0.2) is 14.9 Å². The van der Waals surface area contributed by atoms with Crippen LogP contribution in [-0.2, 0) is 13.0 Å². The average Bonchev–Trinajstić information content (AvgIpc) is 2.67. The van der Waals surface area contributed by atoms with Gasteiger partial charge in [0, 0.05) is 18.3 Å². The number of aromatic nitrogens is 2. The molecule has 0 radical (unpaired) electrons. The largest absolute Gasteiger partial charge is 0.328 e. The number of rotatable bonds is 6. The van der Waals surface area contributed by atoms with E-state index in [9.17, 15) is 0 Å². The highest BCUT2D eigenvalue weighted by atomic mass is 35.5. The van der Waals surface area contributed by atoms with E-state index in [-0.39, 0.29) is 5.38 Å². The van der Waals surface area contributed by atoms with Crippen LogP contribution in [0.25, 0.3) is 11.0 Å². The topological polar surface area (TPSA) is 17.8 Å². The second-order valence-electron chi connectivity index (χ2n) is 5.60. The molecule has 0 spiro atoms. The molecule has 0 saturated carbocycles. The summed E-state index contributed by atoms with van der Waals surface area (Å²) in [5.41, 5.74) is 2.31. The highest BCUT2D eigenvalue weighted by molar-refractivity contribution is 6.20. The van der Waals surface area contributed by atoms with E-state index in [0.717, 1.165) is 37.1 Å². The van der Waals surface area contributed by atoms with Gasteiger partial charge in [-0.05, 0) is 30.9 Å². The fourth-order valence-electron chi connectivity index (χ4n) is 2.55. The van der Waals surface area contributed by atoms with Crippen LogP contribution < -0.4 is 0 Å². The highest BCUT2D eigenvalue weighted by Gasteiger charge is 2.15. The SMILES string of the molecule is CCCn1c(CC(Cl)CC(C)C)nc2ccccc21. The van der Waals surface area contributed by atoms with E-state index in [0.29, 0.717) is 5.92 Å². The first kappa shape index (κ1) is 14.4. The Kier molecular flexibility index (Phi) is 4.87. The van der Waals surface area contributed by atoms with Gasteiger partial charge in [0.05, 0.1) is 11.0 Å². The predicted octanol–water partition coefficient (Wildman–Crippen LogP) is 4.64. The first-order valence-corrected chi connectivity index (χ1v) is 7.63. The van der Waals surface area contributed by atoms with Crippen molar-refractivity contribution < 1.29 is 0 Å². The lowest BCUT2D eigenvalue weighted by molar-refractivity contribution is 0.544. The molecule has 2 rings (SSSR count). The second kappa shape index (κ2) is 6.42. The molecule has 1 aromatic carbocycles. The van der Waals surface area contributed by atoms with Crippen molar-refractivity contribution in [3.63, 3.8) is 0 Å². The molecular weight excluding hydrogens is 256 g/mol. The van der Waals surface area contributed by atoms with E-state index in [1.807, 2.05) is 6.07 Å². The molecule has 2 nitrogen and oxygen atoms in total. The summed E-state index contributed by atoms with van der Waals surface area (Å²) in [5.74, 6) is 1.76. The van der Waals surface area contributed by atoms with Gasteiger partial charge in [-0.15, -0.1) is 11.6 Å². The van der Waals surface area contributed by atoms with Gasteiger partial charge in [-0.3, -0.25) is 0 Å². The number of para-hydroxylation sites is 2. The standard InChI is InChI=1S/C16H23ClN2/c1-4-9-19-15-8-6-5-7-14(15)18-16(19)11-13(17)10-12(2)3/h5-8,12-13H,4,9-11H2,1-3H3. The predicted molar refractivity (Wildman–Crippen MR) is 82.8 cm³/mol. The molecule has 0 amide bonds. The summed E-state index contributed by atoms with van der Waals surface area (Å²) in [6.07, 6.45) is 3.01. The quantitative estimate of drug-likeness (QED) is 0.704. The van der Waals surface area contributed by atoms with Gasteiger partial charge in [0.25, 0.3) is 0 Å². The van der Waals surface area contributed by atoms with Crippen molar-refractivity contribution in [1.29, 1.82) is 0 Å². The number of nitrogens with zero attached hydrogens (tertiary/aromatic N) is 2. The third-order valence-electron chi connectivity index (χ3n) is 3.31. The Morgan fingerprint density at radius 1 is 1.26 bits per heavy atom. The average molecular weight is 279 g/mol. The van der Waals surface area contributed by atoms with Gasteiger partial charge >= 0.3 is 0 Å². The Morgan fingerprint density at radius 3 is 2.68 bits per heavy atom. The molecule has 3 heteroatoms. The number of benzene rings is 1. The third kappa shape index (κ3) is 3.50. The number of hydrogen-bond acceptors (Lipinski definition) is 1. The Labute approximate surface area is 120 Å². The Hall–Kier alpha value is -1.02. The summed E-state index contributed by atoms with van der Waals surface area (Å²) in [6, 6.07) is 8.35. The molecule has 19 heavy (non-hydrogen) atoms. The van der Waals surface area contributed by atoms with Crippen molar-refractivity contribution in [3.05, 3.63) is 30.1 Å². The smallest absolute Gasteiger partial charge is 0.111 e. The van der Waals surface area contributed by atoms with Crippen molar-refractivity contribution in [2.75, 3.05) is 0 Å². The Balaban J connectivity index is 2.28. The van der Waals surface area contributed by atoms with Crippen molar-refractivity contribution in [3.8, 4) is 0 Å². The molecule has 0 bridgehead atoms. The molecule has 0 aliphatic carbocycles. The van der Waals surface area contributed by atoms with Gasteiger partial charge < -0.3 is 4.57 Å². The summed E-state index contributed by atoms with van der Waals surface area (Å²) >= 11 is 6.46. The summed E-state index contributed by atoms with van der Waals surface area (Å²) in [7, 11) is 0. The highest BCUT2D eigenvalue weighted by Crippen LogP contribution is 2.21. The number of hydrogen-bond donors (Lipinski definition) is 0. The first-order chi connectivity index (χ1) is 9.11. The minimum absolute atomic E-state index is 0.174. The number of fused-ring (bicyclic) bond motifs is 1. The van der Waals surface area contributed by atoms with Gasteiger partial charge in [-0.2, -0.15) is 0 Å². The summed E-state index contributed by atoms with van der Waals surface area (Å²) < 4.78 is 2.32. The molecule has 2 aromatic rings. The molecule has 1 unspecified atom stereocenters. The van der Waals surface area contributed by atoms with Crippen LogP contribution in [0.4, 0.5) is 0 Å². The van der Waals surface area contributed by atoms with Crippen LogP contribution in [0.5, 0.6) is 0 Å². The van der Waals surface area contributed by atoms with Crippen molar-refractivity contribution in [1.82, 2.24) is 9.55 Å². The number of alkyl halides is 1. The van der Waals surface area contributed by atoms with Gasteiger partial charge in [0.2, 0.25) is 0 Å². The number of imidazole rings is 1. The Morgan fingerprint density at radius 2 is 2.00 bits per heavy atom. The molecular formula is C16H23ClN2. The monoisotopic (exact) mass is 278 g/mol. The molecule has 0 fully saturated rings. The van der Waals surface area contributed by atoms with Crippen molar-refractivity contribution >= 4 is 22.6 Å². The van der Waals surface area contributed by atoms with Crippen LogP contribution >= 0.6 is 11.6 Å². The molecule has 104 valence electrons. The zero-order valence-electron chi connectivity index (χ0n) is 12.1. The molecule has 1 atom stereocenters. The van der Waals surface area contributed by atoms with E-state index in [1.165, 1.54) is 5.52 Å². The lowest BCUT2D eigenvalue weighted by Gasteiger charge is -2.13. The number of halogens is 1. The molecule has 0 saturated heterocycles. The normalized spacial score (nSPS) is 13.3. The van der Waals surface area contributed by atoms with Gasteiger partial charge in [-0.25, -0.2) is 4.98 Å². The lowest BCUT2D eigenvalue weighted by atomic mass is 10.1. The van der Waals surface area contributed by atoms with E-state index in [2.05, 4.69) is 43.5 Å². The molecule has 1 aromatic heterocycles. The minimum atomic E-state index is 0.174. The van der Waals surface area contributed by atoms with E-state index in [4.69, 9.17) is 16.6 Å². The van der Waals surface area contributed by atoms with Crippen LogP contribution in [0.15, 0.2) is 24.3 Å². The number of aryl methyl sites for hydroxylation is 1. The zero-order chi connectivity index (χ0) is 13.8. The molecule has 0 N–H and O–H groups in total. The van der Waals surface area contributed by atoms with E-state index >= 15 is 0 Å². The van der Waals surface area contributed by atoms with E-state index in [1.54, 1.807) is 0 Å². The van der Waals surface area contributed by atoms with E-state index < -0.39 is 0 Å². The molecule has 0 aliphatic heterocycles.